The zero-order valence-electron chi connectivity index (χ0n) is 12.5. The first-order chi connectivity index (χ1) is 9.69. The van der Waals surface area contributed by atoms with E-state index in [1.54, 1.807) is 7.11 Å². The van der Waals surface area contributed by atoms with Crippen molar-refractivity contribution in [1.29, 1.82) is 0 Å². The predicted octanol–water partition coefficient (Wildman–Crippen LogP) is 3.79. The Morgan fingerprint density at radius 2 is 2.00 bits per heavy atom. The fraction of sp³-hybridized carbons (Fsp3) is 0.471. The van der Waals surface area contributed by atoms with Crippen LogP contribution in [-0.2, 0) is 0 Å². The number of anilines is 1. The first kappa shape index (κ1) is 13.2. The summed E-state index contributed by atoms with van der Waals surface area (Å²) >= 11 is 0. The quantitative estimate of drug-likeness (QED) is 0.830. The van der Waals surface area contributed by atoms with Gasteiger partial charge in [-0.1, -0.05) is 19.1 Å². The average Bonchev–Trinajstić information content (AvgIpc) is 2.46. The fourth-order valence-corrected chi connectivity index (χ4v) is 3.00. The Kier molecular flexibility index (Phi) is 3.51. The smallest absolute Gasteiger partial charge is 0.145 e. The second-order valence-electron chi connectivity index (χ2n) is 5.81. The Morgan fingerprint density at radius 1 is 1.25 bits per heavy atom. The number of piperidine rings is 1. The third kappa shape index (κ3) is 2.33. The van der Waals surface area contributed by atoms with Crippen LogP contribution in [-0.4, -0.2) is 25.2 Å². The SMILES string of the molecule is COc1cccc2c(N3CCC(C)CC3)cc(C)nc12. The van der Waals surface area contributed by atoms with Gasteiger partial charge in [-0.15, -0.1) is 0 Å². The predicted molar refractivity (Wildman–Crippen MR) is 83.6 cm³/mol. The first-order valence-corrected chi connectivity index (χ1v) is 7.38. The molecule has 3 heteroatoms. The summed E-state index contributed by atoms with van der Waals surface area (Å²) in [5, 5.41) is 1.20. The number of rotatable bonds is 2. The van der Waals surface area contributed by atoms with E-state index in [0.717, 1.165) is 36.0 Å². The van der Waals surface area contributed by atoms with Gasteiger partial charge >= 0.3 is 0 Å². The van der Waals surface area contributed by atoms with Crippen molar-refractivity contribution in [1.82, 2.24) is 4.98 Å². The van der Waals surface area contributed by atoms with Crippen LogP contribution in [0, 0.1) is 12.8 Å². The van der Waals surface area contributed by atoms with E-state index in [1.165, 1.54) is 23.9 Å². The molecule has 0 amide bonds. The molecule has 0 spiro atoms. The normalized spacial score (nSPS) is 16.6. The van der Waals surface area contributed by atoms with Crippen molar-refractivity contribution in [2.45, 2.75) is 26.7 Å². The summed E-state index contributed by atoms with van der Waals surface area (Å²) in [6.07, 6.45) is 2.54. The molecule has 0 aliphatic carbocycles. The summed E-state index contributed by atoms with van der Waals surface area (Å²) in [6, 6.07) is 8.39. The van der Waals surface area contributed by atoms with Crippen molar-refractivity contribution in [3.8, 4) is 5.75 Å². The largest absolute Gasteiger partial charge is 0.494 e. The number of nitrogens with zero attached hydrogens (tertiary/aromatic N) is 2. The zero-order chi connectivity index (χ0) is 14.1. The molecule has 1 aromatic carbocycles. The Morgan fingerprint density at radius 3 is 2.70 bits per heavy atom. The molecule has 1 aromatic heterocycles. The molecular weight excluding hydrogens is 248 g/mol. The number of benzene rings is 1. The zero-order valence-corrected chi connectivity index (χ0v) is 12.5. The van der Waals surface area contributed by atoms with Crippen LogP contribution >= 0.6 is 0 Å². The molecule has 0 bridgehead atoms. The van der Waals surface area contributed by atoms with E-state index < -0.39 is 0 Å². The van der Waals surface area contributed by atoms with Crippen LogP contribution < -0.4 is 9.64 Å². The summed E-state index contributed by atoms with van der Waals surface area (Å²) in [6.45, 7) is 6.67. The Bertz CT molecular complexity index is 616. The summed E-state index contributed by atoms with van der Waals surface area (Å²) in [7, 11) is 1.71. The minimum absolute atomic E-state index is 0.843. The standard InChI is InChI=1S/C17H22N2O/c1-12-7-9-19(10-8-12)15-11-13(2)18-17-14(15)5-4-6-16(17)20-3/h4-6,11-12H,7-10H2,1-3H3. The lowest BCUT2D eigenvalue weighted by molar-refractivity contribution is 0.418. The molecule has 0 saturated carbocycles. The van der Waals surface area contributed by atoms with Crippen LogP contribution in [0.1, 0.15) is 25.5 Å². The van der Waals surface area contributed by atoms with Gasteiger partial charge in [-0.2, -0.15) is 0 Å². The van der Waals surface area contributed by atoms with Crippen molar-refractivity contribution in [3.63, 3.8) is 0 Å². The number of aryl methyl sites for hydroxylation is 1. The molecule has 1 aliphatic rings. The molecule has 2 heterocycles. The van der Waals surface area contributed by atoms with Gasteiger partial charge in [0, 0.05) is 29.9 Å². The second kappa shape index (κ2) is 5.31. The van der Waals surface area contributed by atoms with Crippen molar-refractivity contribution in [3.05, 3.63) is 30.0 Å². The van der Waals surface area contributed by atoms with E-state index in [-0.39, 0.29) is 0 Å². The maximum Gasteiger partial charge on any atom is 0.145 e. The topological polar surface area (TPSA) is 25.4 Å². The van der Waals surface area contributed by atoms with Gasteiger partial charge in [0.15, 0.2) is 0 Å². The Balaban J connectivity index is 2.10. The van der Waals surface area contributed by atoms with Crippen LogP contribution in [0.25, 0.3) is 10.9 Å². The molecule has 1 aliphatic heterocycles. The molecule has 2 aromatic rings. The Labute approximate surface area is 120 Å². The third-order valence-corrected chi connectivity index (χ3v) is 4.25. The van der Waals surface area contributed by atoms with Gasteiger partial charge in [-0.05, 0) is 37.8 Å². The molecule has 0 N–H and O–H groups in total. The number of ether oxygens (including phenoxy) is 1. The molecular formula is C17H22N2O. The van der Waals surface area contributed by atoms with Crippen molar-refractivity contribution < 1.29 is 4.74 Å². The van der Waals surface area contributed by atoms with Gasteiger partial charge in [0.2, 0.25) is 0 Å². The average molecular weight is 270 g/mol. The van der Waals surface area contributed by atoms with Crippen molar-refractivity contribution >= 4 is 16.6 Å². The lowest BCUT2D eigenvalue weighted by atomic mass is 9.98. The monoisotopic (exact) mass is 270 g/mol. The second-order valence-corrected chi connectivity index (χ2v) is 5.81. The van der Waals surface area contributed by atoms with Crippen LogP contribution in [0.4, 0.5) is 5.69 Å². The summed E-state index contributed by atoms with van der Waals surface area (Å²) in [4.78, 5) is 7.16. The van der Waals surface area contributed by atoms with Crippen LogP contribution in [0.3, 0.4) is 0 Å². The minimum atomic E-state index is 0.843. The van der Waals surface area contributed by atoms with E-state index in [4.69, 9.17) is 4.74 Å². The van der Waals surface area contributed by atoms with Crippen LogP contribution in [0.2, 0.25) is 0 Å². The van der Waals surface area contributed by atoms with Gasteiger partial charge in [0.05, 0.1) is 7.11 Å². The Hall–Kier alpha value is -1.77. The van der Waals surface area contributed by atoms with Crippen LogP contribution in [0.5, 0.6) is 5.75 Å². The molecule has 3 nitrogen and oxygen atoms in total. The molecule has 1 fully saturated rings. The van der Waals surface area contributed by atoms with Crippen molar-refractivity contribution in [2.75, 3.05) is 25.1 Å². The lowest BCUT2D eigenvalue weighted by Crippen LogP contribution is -2.33. The highest BCUT2D eigenvalue weighted by molar-refractivity contribution is 5.95. The van der Waals surface area contributed by atoms with Gasteiger partial charge in [-0.3, -0.25) is 0 Å². The maximum atomic E-state index is 5.46. The highest BCUT2D eigenvalue weighted by Gasteiger charge is 2.19. The van der Waals surface area contributed by atoms with E-state index >= 15 is 0 Å². The maximum absolute atomic E-state index is 5.46. The molecule has 3 rings (SSSR count). The van der Waals surface area contributed by atoms with E-state index in [9.17, 15) is 0 Å². The molecule has 20 heavy (non-hydrogen) atoms. The number of para-hydroxylation sites is 1. The molecule has 106 valence electrons. The van der Waals surface area contributed by atoms with Gasteiger partial charge < -0.3 is 9.64 Å². The summed E-state index contributed by atoms with van der Waals surface area (Å²) < 4.78 is 5.46. The van der Waals surface area contributed by atoms with Gasteiger partial charge in [-0.25, -0.2) is 4.98 Å². The summed E-state index contributed by atoms with van der Waals surface area (Å²) in [5.41, 5.74) is 3.33. The number of fused-ring (bicyclic) bond motifs is 1. The summed E-state index contributed by atoms with van der Waals surface area (Å²) in [5.74, 6) is 1.70. The fourth-order valence-electron chi connectivity index (χ4n) is 3.00. The van der Waals surface area contributed by atoms with E-state index in [1.807, 2.05) is 12.1 Å². The van der Waals surface area contributed by atoms with Gasteiger partial charge in [0.1, 0.15) is 11.3 Å². The van der Waals surface area contributed by atoms with E-state index in [0.29, 0.717) is 0 Å². The third-order valence-electron chi connectivity index (χ3n) is 4.25. The van der Waals surface area contributed by atoms with Crippen LogP contribution in [0.15, 0.2) is 24.3 Å². The minimum Gasteiger partial charge on any atom is -0.494 e. The lowest BCUT2D eigenvalue weighted by Gasteiger charge is -2.33. The molecule has 0 unspecified atom stereocenters. The molecule has 0 atom stereocenters. The first-order valence-electron chi connectivity index (χ1n) is 7.38. The van der Waals surface area contributed by atoms with Crippen molar-refractivity contribution in [2.24, 2.45) is 5.92 Å². The number of aromatic nitrogens is 1. The highest BCUT2D eigenvalue weighted by Crippen LogP contribution is 2.33. The number of hydrogen-bond donors (Lipinski definition) is 0. The van der Waals surface area contributed by atoms with E-state index in [2.05, 4.69) is 35.9 Å². The van der Waals surface area contributed by atoms with Gasteiger partial charge in [0.25, 0.3) is 0 Å². The highest BCUT2D eigenvalue weighted by atomic mass is 16.5. The number of hydrogen-bond acceptors (Lipinski definition) is 3. The molecule has 0 radical (unpaired) electrons. The molecule has 1 saturated heterocycles. The number of pyridine rings is 1. The number of methoxy groups -OCH3 is 1.